The summed E-state index contributed by atoms with van der Waals surface area (Å²) in [5, 5.41) is 12.1. The fourth-order valence-electron chi connectivity index (χ4n) is 2.61. The molecule has 0 spiro atoms. The number of likely N-dealkylation sites (tertiary alicyclic amines) is 1. The molecule has 7 heteroatoms. The van der Waals surface area contributed by atoms with Crippen molar-refractivity contribution < 1.29 is 4.79 Å². The second-order valence-electron chi connectivity index (χ2n) is 4.87. The normalized spacial score (nSPS) is 18.6. The molecule has 0 radical (unpaired) electrons. The van der Waals surface area contributed by atoms with Crippen molar-refractivity contribution in [2.75, 3.05) is 13.1 Å². The van der Waals surface area contributed by atoms with Gasteiger partial charge in [-0.25, -0.2) is 0 Å². The highest BCUT2D eigenvalue weighted by Crippen LogP contribution is 2.33. The number of carbonyl (C=O) groups excluding carboxylic acids is 1. The fourth-order valence-corrected chi connectivity index (χ4v) is 3.31. The zero-order valence-electron chi connectivity index (χ0n) is 11.1. The molecule has 1 saturated heterocycles. The summed E-state index contributed by atoms with van der Waals surface area (Å²) in [6.45, 7) is 1.84. The summed E-state index contributed by atoms with van der Waals surface area (Å²) in [6, 6.07) is 2.26. The minimum absolute atomic E-state index is 0.0398. The summed E-state index contributed by atoms with van der Waals surface area (Å²) in [4.78, 5) is 14.5. The molecule has 2 N–H and O–H groups in total. The van der Waals surface area contributed by atoms with Gasteiger partial charge < -0.3 is 10.6 Å². The second-order valence-corrected chi connectivity index (χ2v) is 5.65. The van der Waals surface area contributed by atoms with Crippen LogP contribution in [0.4, 0.5) is 0 Å². The van der Waals surface area contributed by atoms with Crippen LogP contribution in [-0.4, -0.2) is 38.9 Å². The molecule has 106 valence electrons. The maximum atomic E-state index is 12.6. The molecule has 6 nitrogen and oxygen atoms in total. The molecule has 3 rings (SSSR count). The van der Waals surface area contributed by atoms with E-state index in [1.165, 1.54) is 5.56 Å². The van der Waals surface area contributed by atoms with Gasteiger partial charge in [-0.3, -0.25) is 9.48 Å². The fraction of sp³-hybridized carbons (Fsp3) is 0.462. The first-order valence-corrected chi connectivity index (χ1v) is 7.67. The van der Waals surface area contributed by atoms with Gasteiger partial charge in [-0.2, -0.15) is 11.3 Å². The number of thiophene rings is 1. The first kappa shape index (κ1) is 13.3. The molecule has 2 aromatic heterocycles. The summed E-state index contributed by atoms with van der Waals surface area (Å²) in [5.74, 6) is -0.0398. The van der Waals surface area contributed by atoms with E-state index in [9.17, 15) is 4.79 Å². The zero-order valence-corrected chi connectivity index (χ0v) is 11.9. The third-order valence-electron chi connectivity index (χ3n) is 3.56. The first-order valence-electron chi connectivity index (χ1n) is 6.73. The third-order valence-corrected chi connectivity index (χ3v) is 4.26. The van der Waals surface area contributed by atoms with Gasteiger partial charge in [0.25, 0.3) is 5.91 Å². The average Bonchev–Trinajstić information content (AvgIpc) is 3.19. The van der Waals surface area contributed by atoms with Crippen molar-refractivity contribution in [2.24, 2.45) is 5.73 Å². The van der Waals surface area contributed by atoms with E-state index in [1.807, 2.05) is 10.3 Å². The van der Waals surface area contributed by atoms with E-state index in [4.69, 9.17) is 5.73 Å². The number of amides is 1. The molecule has 0 aromatic carbocycles. The van der Waals surface area contributed by atoms with E-state index in [2.05, 4.69) is 21.8 Å². The van der Waals surface area contributed by atoms with Crippen LogP contribution in [0.25, 0.3) is 0 Å². The Kier molecular flexibility index (Phi) is 3.79. The predicted octanol–water partition coefficient (Wildman–Crippen LogP) is 1.28. The van der Waals surface area contributed by atoms with E-state index in [0.29, 0.717) is 18.8 Å². The van der Waals surface area contributed by atoms with Crippen molar-refractivity contribution in [3.05, 3.63) is 34.3 Å². The summed E-state index contributed by atoms with van der Waals surface area (Å²) < 4.78 is 1.61. The van der Waals surface area contributed by atoms with Crippen LogP contribution in [-0.2, 0) is 6.54 Å². The van der Waals surface area contributed by atoms with E-state index in [0.717, 1.165) is 19.4 Å². The molecule has 0 saturated carbocycles. The van der Waals surface area contributed by atoms with Crippen LogP contribution in [0.5, 0.6) is 0 Å². The Morgan fingerprint density at radius 3 is 3.20 bits per heavy atom. The Hall–Kier alpha value is -1.73. The van der Waals surface area contributed by atoms with Crippen molar-refractivity contribution in [3.63, 3.8) is 0 Å². The lowest BCUT2D eigenvalue weighted by atomic mass is 10.1. The highest BCUT2D eigenvalue weighted by molar-refractivity contribution is 7.07. The second kappa shape index (κ2) is 5.72. The van der Waals surface area contributed by atoms with Gasteiger partial charge in [-0.05, 0) is 35.2 Å². The van der Waals surface area contributed by atoms with Crippen LogP contribution in [0.15, 0.2) is 23.0 Å². The number of nitrogens with zero attached hydrogens (tertiary/aromatic N) is 4. The minimum Gasteiger partial charge on any atom is -0.330 e. The van der Waals surface area contributed by atoms with Crippen LogP contribution >= 0.6 is 11.3 Å². The molecule has 1 atom stereocenters. The Morgan fingerprint density at radius 1 is 1.55 bits per heavy atom. The summed E-state index contributed by atoms with van der Waals surface area (Å²) in [6.07, 6.45) is 3.72. The molecule has 1 unspecified atom stereocenters. The average molecular weight is 291 g/mol. The molecular weight excluding hydrogens is 274 g/mol. The quantitative estimate of drug-likeness (QED) is 0.920. The van der Waals surface area contributed by atoms with Gasteiger partial charge >= 0.3 is 0 Å². The van der Waals surface area contributed by atoms with Crippen molar-refractivity contribution in [1.29, 1.82) is 0 Å². The van der Waals surface area contributed by atoms with Gasteiger partial charge in [0, 0.05) is 13.1 Å². The number of rotatable bonds is 4. The largest absolute Gasteiger partial charge is 0.330 e. The summed E-state index contributed by atoms with van der Waals surface area (Å²) in [7, 11) is 0. The number of aromatic nitrogens is 3. The van der Waals surface area contributed by atoms with Crippen LogP contribution in [0.2, 0.25) is 0 Å². The Bertz CT molecular complexity index is 579. The van der Waals surface area contributed by atoms with Crippen LogP contribution in [0.1, 0.15) is 34.9 Å². The lowest BCUT2D eigenvalue weighted by Gasteiger charge is -2.23. The third kappa shape index (κ3) is 2.46. The van der Waals surface area contributed by atoms with Gasteiger partial charge in [0.15, 0.2) is 5.69 Å². The van der Waals surface area contributed by atoms with Crippen LogP contribution < -0.4 is 5.73 Å². The molecule has 1 aliphatic rings. The first-order chi connectivity index (χ1) is 9.79. The van der Waals surface area contributed by atoms with Crippen LogP contribution in [0, 0.1) is 0 Å². The Morgan fingerprint density at radius 2 is 2.45 bits per heavy atom. The Labute approximate surface area is 121 Å². The van der Waals surface area contributed by atoms with Crippen molar-refractivity contribution in [2.45, 2.75) is 25.4 Å². The zero-order chi connectivity index (χ0) is 13.9. The molecule has 0 bridgehead atoms. The standard InChI is InChI=1S/C13H17N5OS/c14-4-6-17-8-11(15-16-17)13(19)18-5-1-2-12(18)10-3-7-20-9-10/h3,7-9,12H,1-2,4-6,14H2. The maximum Gasteiger partial charge on any atom is 0.276 e. The molecule has 3 heterocycles. The van der Waals surface area contributed by atoms with Gasteiger partial charge in [0.05, 0.1) is 18.8 Å². The number of carbonyl (C=O) groups is 1. The van der Waals surface area contributed by atoms with Crippen molar-refractivity contribution in [1.82, 2.24) is 19.9 Å². The summed E-state index contributed by atoms with van der Waals surface area (Å²) in [5.41, 5.74) is 7.09. The number of hydrogen-bond acceptors (Lipinski definition) is 5. The molecular formula is C13H17N5OS. The lowest BCUT2D eigenvalue weighted by molar-refractivity contribution is 0.0730. The van der Waals surface area contributed by atoms with E-state index in [-0.39, 0.29) is 11.9 Å². The van der Waals surface area contributed by atoms with Gasteiger partial charge in [-0.15, -0.1) is 5.10 Å². The van der Waals surface area contributed by atoms with E-state index >= 15 is 0 Å². The maximum absolute atomic E-state index is 12.6. The molecule has 1 amide bonds. The monoisotopic (exact) mass is 291 g/mol. The molecule has 20 heavy (non-hydrogen) atoms. The minimum atomic E-state index is -0.0398. The topological polar surface area (TPSA) is 77.0 Å². The smallest absolute Gasteiger partial charge is 0.276 e. The van der Waals surface area contributed by atoms with E-state index in [1.54, 1.807) is 22.2 Å². The number of nitrogens with two attached hydrogens (primary N) is 1. The van der Waals surface area contributed by atoms with Crippen molar-refractivity contribution >= 4 is 17.2 Å². The molecule has 0 aliphatic carbocycles. The molecule has 1 aliphatic heterocycles. The Balaban J connectivity index is 1.78. The van der Waals surface area contributed by atoms with Crippen molar-refractivity contribution in [3.8, 4) is 0 Å². The van der Waals surface area contributed by atoms with Gasteiger partial charge in [-0.1, -0.05) is 5.21 Å². The number of hydrogen-bond donors (Lipinski definition) is 1. The van der Waals surface area contributed by atoms with E-state index < -0.39 is 0 Å². The van der Waals surface area contributed by atoms with Crippen LogP contribution in [0.3, 0.4) is 0 Å². The van der Waals surface area contributed by atoms with Gasteiger partial charge in [0.1, 0.15) is 0 Å². The molecule has 1 fully saturated rings. The lowest BCUT2D eigenvalue weighted by Crippen LogP contribution is -2.30. The molecule has 2 aromatic rings. The highest BCUT2D eigenvalue weighted by atomic mass is 32.1. The summed E-state index contributed by atoms with van der Waals surface area (Å²) >= 11 is 1.66. The van der Waals surface area contributed by atoms with Gasteiger partial charge in [0.2, 0.25) is 0 Å². The SMILES string of the molecule is NCCn1cc(C(=O)N2CCCC2c2ccsc2)nn1. The highest BCUT2D eigenvalue weighted by Gasteiger charge is 2.32. The predicted molar refractivity (Wildman–Crippen MR) is 76.4 cm³/mol.